The number of nitrogens with zero attached hydrogens (tertiary/aromatic N) is 1. The molecule has 1 aromatic heterocycles. The van der Waals surface area contributed by atoms with Crippen molar-refractivity contribution >= 4 is 21.8 Å². The first kappa shape index (κ1) is 14.8. The second kappa shape index (κ2) is 6.22. The van der Waals surface area contributed by atoms with Gasteiger partial charge in [0.1, 0.15) is 5.76 Å². The Morgan fingerprint density at radius 3 is 2.55 bits per heavy atom. The van der Waals surface area contributed by atoms with Crippen LogP contribution in [0.15, 0.2) is 33.3 Å². The lowest BCUT2D eigenvalue weighted by Crippen LogP contribution is -2.28. The summed E-state index contributed by atoms with van der Waals surface area (Å²) in [5.74, 6) is 0.670. The van der Waals surface area contributed by atoms with E-state index < -0.39 is 0 Å². The molecular weight excluding hydrogens is 320 g/mol. The lowest BCUT2D eigenvalue weighted by atomic mass is 10.1. The van der Waals surface area contributed by atoms with Crippen LogP contribution in [-0.2, 0) is 11.2 Å². The van der Waals surface area contributed by atoms with Crippen molar-refractivity contribution < 1.29 is 9.32 Å². The molecule has 1 aromatic carbocycles. The van der Waals surface area contributed by atoms with Gasteiger partial charge in [-0.1, -0.05) is 33.2 Å². The highest BCUT2D eigenvalue weighted by Gasteiger charge is 2.15. The maximum absolute atomic E-state index is 12.1. The minimum Gasteiger partial charge on any atom is -0.361 e. The molecule has 0 radical (unpaired) electrons. The van der Waals surface area contributed by atoms with Gasteiger partial charge < -0.3 is 9.84 Å². The molecule has 2 aromatic rings. The maximum atomic E-state index is 12.1. The lowest BCUT2D eigenvalue weighted by molar-refractivity contribution is -0.121. The van der Waals surface area contributed by atoms with Crippen LogP contribution < -0.4 is 5.32 Å². The van der Waals surface area contributed by atoms with E-state index in [-0.39, 0.29) is 11.9 Å². The number of carbonyl (C=O) groups excluding carboxylic acids is 1. The predicted molar refractivity (Wildman–Crippen MR) is 80.4 cm³/mol. The molecule has 0 bridgehead atoms. The van der Waals surface area contributed by atoms with E-state index in [1.165, 1.54) is 0 Å². The third-order valence-electron chi connectivity index (χ3n) is 3.27. The van der Waals surface area contributed by atoms with Crippen LogP contribution in [0.4, 0.5) is 0 Å². The van der Waals surface area contributed by atoms with Crippen molar-refractivity contribution in [2.45, 2.75) is 33.2 Å². The van der Waals surface area contributed by atoms with E-state index in [4.69, 9.17) is 4.52 Å². The van der Waals surface area contributed by atoms with Crippen LogP contribution in [-0.4, -0.2) is 11.1 Å². The first-order valence-corrected chi connectivity index (χ1v) is 7.23. The SMILES string of the molecule is Cc1noc(C)c1CC(=O)NC(C)c1ccc(Br)cc1. The van der Waals surface area contributed by atoms with Gasteiger partial charge in [0.05, 0.1) is 18.2 Å². The van der Waals surface area contributed by atoms with Gasteiger partial charge in [-0.3, -0.25) is 4.79 Å². The molecule has 0 saturated heterocycles. The van der Waals surface area contributed by atoms with Gasteiger partial charge >= 0.3 is 0 Å². The second-order valence-corrected chi connectivity index (χ2v) is 5.74. The molecule has 1 amide bonds. The van der Waals surface area contributed by atoms with E-state index in [2.05, 4.69) is 26.4 Å². The summed E-state index contributed by atoms with van der Waals surface area (Å²) in [6.45, 7) is 5.63. The Balaban J connectivity index is 1.99. The Morgan fingerprint density at radius 2 is 2.00 bits per heavy atom. The van der Waals surface area contributed by atoms with Crippen LogP contribution in [0.25, 0.3) is 0 Å². The first-order valence-electron chi connectivity index (χ1n) is 6.44. The zero-order valence-corrected chi connectivity index (χ0v) is 13.3. The molecule has 1 N–H and O–H groups in total. The number of halogens is 1. The van der Waals surface area contributed by atoms with Gasteiger partial charge in [-0.25, -0.2) is 0 Å². The minimum absolute atomic E-state index is 0.0314. The van der Waals surface area contributed by atoms with Gasteiger partial charge in [0, 0.05) is 10.0 Å². The number of hydrogen-bond donors (Lipinski definition) is 1. The number of amides is 1. The number of carbonyl (C=O) groups is 1. The predicted octanol–water partition coefficient (Wildman–Crippen LogP) is 3.47. The molecule has 1 unspecified atom stereocenters. The Morgan fingerprint density at radius 1 is 1.35 bits per heavy atom. The Bertz CT molecular complexity index is 585. The van der Waals surface area contributed by atoms with Crippen LogP contribution in [0.3, 0.4) is 0 Å². The van der Waals surface area contributed by atoms with Crippen molar-refractivity contribution in [2.75, 3.05) is 0 Å². The fourth-order valence-corrected chi connectivity index (χ4v) is 2.31. The Kier molecular flexibility index (Phi) is 4.60. The number of aryl methyl sites for hydroxylation is 2. The molecule has 1 heterocycles. The number of benzene rings is 1. The van der Waals surface area contributed by atoms with Gasteiger partial charge in [0.2, 0.25) is 5.91 Å². The molecule has 0 saturated carbocycles. The molecule has 20 heavy (non-hydrogen) atoms. The van der Waals surface area contributed by atoms with Gasteiger partial charge in [-0.05, 0) is 38.5 Å². The standard InChI is InChI=1S/C15H17BrN2O2/c1-9(12-4-6-13(16)7-5-12)17-15(19)8-14-10(2)18-20-11(14)3/h4-7,9H,8H2,1-3H3,(H,17,19). The lowest BCUT2D eigenvalue weighted by Gasteiger charge is -2.14. The highest BCUT2D eigenvalue weighted by atomic mass is 79.9. The molecule has 1 atom stereocenters. The molecule has 0 fully saturated rings. The van der Waals surface area contributed by atoms with Gasteiger partial charge in [0.25, 0.3) is 0 Å². The Hall–Kier alpha value is -1.62. The van der Waals surface area contributed by atoms with Crippen molar-refractivity contribution in [3.8, 4) is 0 Å². The van der Waals surface area contributed by atoms with E-state index in [1.54, 1.807) is 0 Å². The highest BCUT2D eigenvalue weighted by Crippen LogP contribution is 2.17. The molecular formula is C15H17BrN2O2. The molecule has 0 aliphatic heterocycles. The number of rotatable bonds is 4. The summed E-state index contributed by atoms with van der Waals surface area (Å²) in [6.07, 6.45) is 0.294. The third-order valence-corrected chi connectivity index (χ3v) is 3.79. The van der Waals surface area contributed by atoms with Crippen molar-refractivity contribution in [2.24, 2.45) is 0 Å². The smallest absolute Gasteiger partial charge is 0.225 e. The van der Waals surface area contributed by atoms with E-state index in [0.29, 0.717) is 12.2 Å². The summed E-state index contributed by atoms with van der Waals surface area (Å²) in [4.78, 5) is 12.1. The van der Waals surface area contributed by atoms with Crippen molar-refractivity contribution in [1.82, 2.24) is 10.5 Å². The number of nitrogens with one attached hydrogen (secondary N) is 1. The fourth-order valence-electron chi connectivity index (χ4n) is 2.04. The average molecular weight is 337 g/mol. The van der Waals surface area contributed by atoms with E-state index in [0.717, 1.165) is 21.3 Å². The average Bonchev–Trinajstić information content (AvgIpc) is 2.71. The van der Waals surface area contributed by atoms with Gasteiger partial charge in [-0.2, -0.15) is 0 Å². The zero-order chi connectivity index (χ0) is 14.7. The van der Waals surface area contributed by atoms with E-state index in [1.807, 2.05) is 45.0 Å². The Labute approximate surface area is 126 Å². The molecule has 106 valence electrons. The number of hydrogen-bond acceptors (Lipinski definition) is 3. The van der Waals surface area contributed by atoms with Crippen LogP contribution in [0.5, 0.6) is 0 Å². The van der Waals surface area contributed by atoms with Gasteiger partial charge in [0.15, 0.2) is 0 Å². The fraction of sp³-hybridized carbons (Fsp3) is 0.333. The van der Waals surface area contributed by atoms with Crippen LogP contribution in [0.1, 0.15) is 35.5 Å². The summed E-state index contributed by atoms with van der Waals surface area (Å²) in [5.41, 5.74) is 2.71. The molecule has 5 heteroatoms. The summed E-state index contributed by atoms with van der Waals surface area (Å²) < 4.78 is 6.09. The highest BCUT2D eigenvalue weighted by molar-refractivity contribution is 9.10. The normalized spacial score (nSPS) is 12.2. The van der Waals surface area contributed by atoms with E-state index >= 15 is 0 Å². The van der Waals surface area contributed by atoms with Gasteiger partial charge in [-0.15, -0.1) is 0 Å². The van der Waals surface area contributed by atoms with E-state index in [9.17, 15) is 4.79 Å². The summed E-state index contributed by atoms with van der Waals surface area (Å²) in [5, 5.41) is 6.84. The summed E-state index contributed by atoms with van der Waals surface area (Å²) >= 11 is 3.40. The summed E-state index contributed by atoms with van der Waals surface area (Å²) in [7, 11) is 0. The second-order valence-electron chi connectivity index (χ2n) is 4.82. The van der Waals surface area contributed by atoms with Crippen molar-refractivity contribution in [3.05, 3.63) is 51.3 Å². The van der Waals surface area contributed by atoms with Crippen LogP contribution in [0.2, 0.25) is 0 Å². The molecule has 0 aliphatic rings. The molecule has 4 nitrogen and oxygen atoms in total. The quantitative estimate of drug-likeness (QED) is 0.929. The van der Waals surface area contributed by atoms with Crippen LogP contribution in [0, 0.1) is 13.8 Å². The molecule has 0 spiro atoms. The summed E-state index contributed by atoms with van der Waals surface area (Å²) in [6, 6.07) is 7.88. The number of aromatic nitrogens is 1. The minimum atomic E-state index is -0.0326. The maximum Gasteiger partial charge on any atom is 0.225 e. The van der Waals surface area contributed by atoms with Crippen molar-refractivity contribution in [3.63, 3.8) is 0 Å². The largest absolute Gasteiger partial charge is 0.361 e. The molecule has 2 rings (SSSR count). The van der Waals surface area contributed by atoms with Crippen LogP contribution >= 0.6 is 15.9 Å². The third kappa shape index (κ3) is 3.48. The van der Waals surface area contributed by atoms with Crippen molar-refractivity contribution in [1.29, 1.82) is 0 Å². The topological polar surface area (TPSA) is 55.1 Å². The first-order chi connectivity index (χ1) is 9.47. The monoisotopic (exact) mass is 336 g/mol. The molecule has 0 aliphatic carbocycles. The zero-order valence-electron chi connectivity index (χ0n) is 11.7.